The van der Waals surface area contributed by atoms with Crippen LogP contribution in [-0.4, -0.2) is 11.7 Å². The van der Waals surface area contributed by atoms with Gasteiger partial charge in [-0.05, 0) is 44.9 Å². The van der Waals surface area contributed by atoms with Gasteiger partial charge in [0.05, 0.1) is 0 Å². The van der Waals surface area contributed by atoms with E-state index in [0.29, 0.717) is 11.6 Å². The number of halogens is 1. The highest BCUT2D eigenvalue weighted by atomic mass is 35.5. The van der Waals surface area contributed by atoms with Crippen LogP contribution in [0.3, 0.4) is 0 Å². The maximum Gasteiger partial charge on any atom is 0.422 e. The van der Waals surface area contributed by atoms with Crippen LogP contribution in [0.15, 0.2) is 18.2 Å². The molecule has 18 heavy (non-hydrogen) atoms. The molecule has 1 aromatic rings. The Balaban J connectivity index is 2.38. The van der Waals surface area contributed by atoms with Gasteiger partial charge in [-0.2, -0.15) is 0 Å². The smallest absolute Gasteiger partial charge is 0.422 e. The number of nitrogens with one attached hydrogen (secondary N) is 2. The van der Waals surface area contributed by atoms with Crippen molar-refractivity contribution in [3.8, 4) is 0 Å². The molecule has 1 amide bonds. The van der Waals surface area contributed by atoms with Crippen LogP contribution in [-0.2, 0) is 11.3 Å². The number of hydrogen-bond donors (Lipinski definition) is 2. The van der Waals surface area contributed by atoms with E-state index in [4.69, 9.17) is 16.3 Å². The minimum atomic E-state index is -0.501. The Morgan fingerprint density at radius 3 is 2.61 bits per heavy atom. The van der Waals surface area contributed by atoms with Crippen molar-refractivity contribution in [2.75, 3.05) is 0 Å². The van der Waals surface area contributed by atoms with Crippen molar-refractivity contribution in [2.24, 2.45) is 0 Å². The molecular weight excluding hydrogens is 252 g/mol. The van der Waals surface area contributed by atoms with Gasteiger partial charge in [0.2, 0.25) is 0 Å². The van der Waals surface area contributed by atoms with Gasteiger partial charge in [0.15, 0.2) is 0 Å². The van der Waals surface area contributed by atoms with Crippen LogP contribution in [0.5, 0.6) is 0 Å². The molecule has 0 radical (unpaired) electrons. The van der Waals surface area contributed by atoms with Gasteiger partial charge < -0.3 is 4.74 Å². The lowest BCUT2D eigenvalue weighted by atomic mass is 10.1. The topological polar surface area (TPSA) is 50.4 Å². The number of aryl methyl sites for hydroxylation is 1. The number of carbonyl (C=O) groups is 1. The van der Waals surface area contributed by atoms with Crippen LogP contribution in [0.25, 0.3) is 0 Å². The van der Waals surface area contributed by atoms with Gasteiger partial charge in [0.25, 0.3) is 0 Å². The Morgan fingerprint density at radius 2 is 2.06 bits per heavy atom. The van der Waals surface area contributed by atoms with E-state index in [1.807, 2.05) is 45.9 Å². The molecule has 0 heterocycles. The molecule has 0 atom stereocenters. The molecule has 4 nitrogen and oxygen atoms in total. The summed E-state index contributed by atoms with van der Waals surface area (Å²) in [4.78, 5) is 11.3. The van der Waals surface area contributed by atoms with Crippen LogP contribution in [0.4, 0.5) is 4.79 Å². The van der Waals surface area contributed by atoms with Gasteiger partial charge in [-0.1, -0.05) is 23.7 Å². The average molecular weight is 271 g/mol. The molecule has 0 saturated carbocycles. The SMILES string of the molecule is Cc1ccc(CNNC(=O)OC(C)(C)C)cc1Cl. The molecule has 0 bridgehead atoms. The first-order valence-electron chi connectivity index (χ1n) is 5.75. The molecular formula is C13H19ClN2O2. The summed E-state index contributed by atoms with van der Waals surface area (Å²) >= 11 is 6.00. The fourth-order valence-electron chi connectivity index (χ4n) is 1.27. The number of amides is 1. The quantitative estimate of drug-likeness (QED) is 0.830. The zero-order valence-electron chi connectivity index (χ0n) is 11.1. The minimum Gasteiger partial charge on any atom is -0.443 e. The molecule has 2 N–H and O–H groups in total. The predicted molar refractivity (Wildman–Crippen MR) is 72.4 cm³/mol. The first-order chi connectivity index (χ1) is 8.28. The maximum atomic E-state index is 11.3. The summed E-state index contributed by atoms with van der Waals surface area (Å²) in [5.74, 6) is 0. The fourth-order valence-corrected chi connectivity index (χ4v) is 1.47. The second-order valence-corrected chi connectivity index (χ2v) is 5.47. The van der Waals surface area contributed by atoms with E-state index in [-0.39, 0.29) is 0 Å². The standard InChI is InChI=1S/C13H19ClN2O2/c1-9-5-6-10(7-11(9)14)8-15-16-12(17)18-13(2,3)4/h5-7,15H,8H2,1-4H3,(H,16,17). The van der Waals surface area contributed by atoms with Crippen molar-refractivity contribution >= 4 is 17.7 Å². The first-order valence-corrected chi connectivity index (χ1v) is 6.12. The van der Waals surface area contributed by atoms with Gasteiger partial charge in [-0.25, -0.2) is 10.2 Å². The summed E-state index contributed by atoms with van der Waals surface area (Å²) < 4.78 is 5.08. The third-order valence-corrected chi connectivity index (χ3v) is 2.53. The fraction of sp³-hybridized carbons (Fsp3) is 0.462. The Kier molecular flexibility index (Phi) is 4.99. The molecule has 0 spiro atoms. The van der Waals surface area contributed by atoms with E-state index in [0.717, 1.165) is 11.1 Å². The number of ether oxygens (including phenoxy) is 1. The Labute approximate surface area is 113 Å². The largest absolute Gasteiger partial charge is 0.443 e. The van der Waals surface area contributed by atoms with Crippen molar-refractivity contribution in [3.05, 3.63) is 34.3 Å². The van der Waals surface area contributed by atoms with E-state index in [2.05, 4.69) is 10.9 Å². The molecule has 0 saturated heterocycles. The van der Waals surface area contributed by atoms with Crippen molar-refractivity contribution < 1.29 is 9.53 Å². The number of benzene rings is 1. The maximum absolute atomic E-state index is 11.3. The van der Waals surface area contributed by atoms with E-state index in [9.17, 15) is 4.79 Å². The van der Waals surface area contributed by atoms with E-state index < -0.39 is 11.7 Å². The second-order valence-electron chi connectivity index (χ2n) is 5.06. The number of rotatable bonds is 3. The number of carbonyl (C=O) groups excluding carboxylic acids is 1. The lowest BCUT2D eigenvalue weighted by Crippen LogP contribution is -2.40. The lowest BCUT2D eigenvalue weighted by Gasteiger charge is -2.19. The Hall–Kier alpha value is -1.26. The first kappa shape index (κ1) is 14.8. The molecule has 0 unspecified atom stereocenters. The van der Waals surface area contributed by atoms with E-state index >= 15 is 0 Å². The molecule has 0 fully saturated rings. The second kappa shape index (κ2) is 6.07. The van der Waals surface area contributed by atoms with Crippen LogP contribution in [0, 0.1) is 6.92 Å². The number of hydrogen-bond acceptors (Lipinski definition) is 3. The van der Waals surface area contributed by atoms with Gasteiger partial charge >= 0.3 is 6.09 Å². The van der Waals surface area contributed by atoms with Gasteiger partial charge in [0.1, 0.15) is 5.60 Å². The molecule has 5 heteroatoms. The van der Waals surface area contributed by atoms with Crippen LogP contribution in [0.2, 0.25) is 5.02 Å². The van der Waals surface area contributed by atoms with Crippen molar-refractivity contribution in [2.45, 2.75) is 39.8 Å². The molecule has 0 aliphatic carbocycles. The van der Waals surface area contributed by atoms with Gasteiger partial charge in [-0.15, -0.1) is 0 Å². The summed E-state index contributed by atoms with van der Waals surface area (Å²) in [5, 5.41) is 0.714. The molecule has 1 rings (SSSR count). The number of hydrazine groups is 1. The minimum absolute atomic E-state index is 0.485. The Morgan fingerprint density at radius 1 is 1.39 bits per heavy atom. The lowest BCUT2D eigenvalue weighted by molar-refractivity contribution is 0.0497. The van der Waals surface area contributed by atoms with Crippen LogP contribution >= 0.6 is 11.6 Å². The summed E-state index contributed by atoms with van der Waals surface area (Å²) in [6, 6.07) is 5.75. The highest BCUT2D eigenvalue weighted by molar-refractivity contribution is 6.31. The summed E-state index contributed by atoms with van der Waals surface area (Å²) in [5.41, 5.74) is 6.77. The predicted octanol–water partition coefficient (Wildman–Crippen LogP) is 3.18. The molecule has 0 aromatic heterocycles. The summed E-state index contributed by atoms with van der Waals surface area (Å²) in [6.45, 7) is 7.86. The van der Waals surface area contributed by atoms with E-state index in [1.165, 1.54) is 0 Å². The Bertz CT molecular complexity index is 427. The molecule has 0 aliphatic rings. The van der Waals surface area contributed by atoms with E-state index in [1.54, 1.807) is 0 Å². The zero-order valence-corrected chi connectivity index (χ0v) is 11.9. The normalized spacial score (nSPS) is 11.2. The van der Waals surface area contributed by atoms with Crippen LogP contribution < -0.4 is 10.9 Å². The van der Waals surface area contributed by atoms with Crippen molar-refractivity contribution in [1.82, 2.24) is 10.9 Å². The zero-order chi connectivity index (χ0) is 13.8. The molecule has 0 aliphatic heterocycles. The summed E-state index contributed by atoms with van der Waals surface area (Å²) in [7, 11) is 0. The van der Waals surface area contributed by atoms with Gasteiger partial charge in [0, 0.05) is 11.6 Å². The average Bonchev–Trinajstić information content (AvgIpc) is 2.20. The monoisotopic (exact) mass is 270 g/mol. The summed E-state index contributed by atoms with van der Waals surface area (Å²) in [6.07, 6.45) is -0.499. The van der Waals surface area contributed by atoms with Crippen LogP contribution in [0.1, 0.15) is 31.9 Å². The highest BCUT2D eigenvalue weighted by Crippen LogP contribution is 2.16. The third kappa shape index (κ3) is 5.38. The molecule has 1 aromatic carbocycles. The highest BCUT2D eigenvalue weighted by Gasteiger charge is 2.15. The van der Waals surface area contributed by atoms with Crippen molar-refractivity contribution in [3.63, 3.8) is 0 Å². The third-order valence-electron chi connectivity index (χ3n) is 2.12. The molecule has 100 valence electrons. The van der Waals surface area contributed by atoms with Crippen molar-refractivity contribution in [1.29, 1.82) is 0 Å². The van der Waals surface area contributed by atoms with Gasteiger partial charge in [-0.3, -0.25) is 5.43 Å².